The molecule has 0 bridgehead atoms. The van der Waals surface area contributed by atoms with Gasteiger partial charge in [-0.1, -0.05) is 13.0 Å². The maximum absolute atomic E-state index is 11.7. The molecule has 0 radical (unpaired) electrons. The van der Waals surface area contributed by atoms with E-state index in [9.17, 15) is 9.90 Å². The maximum atomic E-state index is 11.7. The maximum Gasteiger partial charge on any atom is 0.223 e. The molecule has 1 aliphatic carbocycles. The van der Waals surface area contributed by atoms with Crippen molar-refractivity contribution in [2.24, 2.45) is 17.8 Å². The number of rotatable bonds is 6. The second-order valence-corrected chi connectivity index (χ2v) is 5.14. The van der Waals surface area contributed by atoms with E-state index >= 15 is 0 Å². The summed E-state index contributed by atoms with van der Waals surface area (Å²) in [5.74, 6) is 0.882. The van der Waals surface area contributed by atoms with Gasteiger partial charge >= 0.3 is 0 Å². The van der Waals surface area contributed by atoms with Gasteiger partial charge in [0.25, 0.3) is 0 Å². The minimum atomic E-state index is 0.0397. The SMILES string of the molecule is CC1CC1C(=O)NCC(CO)Cc1ccccn1. The number of aromatic nitrogens is 1. The van der Waals surface area contributed by atoms with E-state index in [0.29, 0.717) is 18.9 Å². The van der Waals surface area contributed by atoms with E-state index in [1.54, 1.807) is 6.20 Å². The van der Waals surface area contributed by atoms with Gasteiger partial charge in [0.1, 0.15) is 0 Å². The first-order valence-corrected chi connectivity index (χ1v) is 6.49. The van der Waals surface area contributed by atoms with Crippen molar-refractivity contribution in [2.45, 2.75) is 19.8 Å². The van der Waals surface area contributed by atoms with Crippen molar-refractivity contribution in [1.29, 1.82) is 0 Å². The van der Waals surface area contributed by atoms with Crippen molar-refractivity contribution in [3.8, 4) is 0 Å². The number of amides is 1. The zero-order valence-electron chi connectivity index (χ0n) is 10.7. The number of pyridine rings is 1. The Balaban J connectivity index is 1.77. The van der Waals surface area contributed by atoms with Gasteiger partial charge < -0.3 is 10.4 Å². The molecule has 98 valence electrons. The van der Waals surface area contributed by atoms with E-state index in [1.165, 1.54) is 0 Å². The fourth-order valence-corrected chi connectivity index (χ4v) is 2.08. The average Bonchev–Trinajstić information content (AvgIpc) is 3.12. The summed E-state index contributed by atoms with van der Waals surface area (Å²) < 4.78 is 0. The van der Waals surface area contributed by atoms with E-state index in [-0.39, 0.29) is 24.3 Å². The summed E-state index contributed by atoms with van der Waals surface area (Å²) in [6.45, 7) is 2.67. The Kier molecular flexibility index (Phi) is 4.31. The third-order valence-electron chi connectivity index (χ3n) is 3.49. The van der Waals surface area contributed by atoms with E-state index in [1.807, 2.05) is 18.2 Å². The molecule has 0 aromatic carbocycles. The quantitative estimate of drug-likeness (QED) is 0.789. The Hall–Kier alpha value is -1.42. The van der Waals surface area contributed by atoms with Crippen LogP contribution in [0, 0.1) is 17.8 Å². The molecule has 1 saturated carbocycles. The van der Waals surface area contributed by atoms with Crippen molar-refractivity contribution < 1.29 is 9.90 Å². The van der Waals surface area contributed by atoms with Gasteiger partial charge in [0.05, 0.1) is 0 Å². The van der Waals surface area contributed by atoms with Gasteiger partial charge in [-0.3, -0.25) is 9.78 Å². The van der Waals surface area contributed by atoms with E-state index in [4.69, 9.17) is 0 Å². The molecule has 4 heteroatoms. The van der Waals surface area contributed by atoms with Crippen LogP contribution in [0.2, 0.25) is 0 Å². The van der Waals surface area contributed by atoms with Gasteiger partial charge in [-0.25, -0.2) is 0 Å². The lowest BCUT2D eigenvalue weighted by molar-refractivity contribution is -0.122. The number of nitrogens with one attached hydrogen (secondary N) is 1. The number of nitrogens with zero attached hydrogens (tertiary/aromatic N) is 1. The molecule has 0 saturated heterocycles. The molecule has 1 heterocycles. The third kappa shape index (κ3) is 3.53. The first kappa shape index (κ1) is 13.0. The summed E-state index contributed by atoms with van der Waals surface area (Å²) in [6.07, 6.45) is 3.43. The van der Waals surface area contributed by atoms with Crippen LogP contribution in [-0.4, -0.2) is 29.1 Å². The van der Waals surface area contributed by atoms with Gasteiger partial charge in [0, 0.05) is 36.9 Å². The van der Waals surface area contributed by atoms with Crippen molar-refractivity contribution >= 4 is 5.91 Å². The van der Waals surface area contributed by atoms with Gasteiger partial charge in [0.15, 0.2) is 0 Å². The molecule has 2 rings (SSSR count). The number of carbonyl (C=O) groups excluding carboxylic acids is 1. The Labute approximate surface area is 107 Å². The fourth-order valence-electron chi connectivity index (χ4n) is 2.08. The highest BCUT2D eigenvalue weighted by Gasteiger charge is 2.38. The smallest absolute Gasteiger partial charge is 0.223 e. The first-order valence-electron chi connectivity index (χ1n) is 6.49. The molecule has 18 heavy (non-hydrogen) atoms. The van der Waals surface area contributed by atoms with E-state index < -0.39 is 0 Å². The van der Waals surface area contributed by atoms with E-state index in [2.05, 4.69) is 17.2 Å². The predicted molar refractivity (Wildman–Crippen MR) is 68.8 cm³/mol. The van der Waals surface area contributed by atoms with Crippen LogP contribution in [0.25, 0.3) is 0 Å². The van der Waals surface area contributed by atoms with Crippen LogP contribution in [0.1, 0.15) is 19.0 Å². The molecule has 0 aliphatic heterocycles. The summed E-state index contributed by atoms with van der Waals surface area (Å²) in [5.41, 5.74) is 0.950. The highest BCUT2D eigenvalue weighted by atomic mass is 16.3. The summed E-state index contributed by atoms with van der Waals surface area (Å²) >= 11 is 0. The number of carbonyl (C=O) groups is 1. The third-order valence-corrected chi connectivity index (χ3v) is 3.49. The molecule has 2 N–H and O–H groups in total. The molecule has 0 spiro atoms. The lowest BCUT2D eigenvalue weighted by atomic mass is 10.0. The molecular weight excluding hydrogens is 228 g/mol. The van der Waals surface area contributed by atoms with Gasteiger partial charge in [0.2, 0.25) is 5.91 Å². The number of hydrogen-bond donors (Lipinski definition) is 2. The average molecular weight is 248 g/mol. The summed E-state index contributed by atoms with van der Waals surface area (Å²) in [4.78, 5) is 15.9. The largest absolute Gasteiger partial charge is 0.396 e. The molecule has 1 amide bonds. The van der Waals surface area contributed by atoms with Crippen molar-refractivity contribution in [1.82, 2.24) is 10.3 Å². The molecule has 1 aromatic rings. The van der Waals surface area contributed by atoms with Gasteiger partial charge in [-0.05, 0) is 30.9 Å². The van der Waals surface area contributed by atoms with Crippen LogP contribution < -0.4 is 5.32 Å². The Morgan fingerprint density at radius 3 is 2.94 bits per heavy atom. The Bertz CT molecular complexity index is 394. The predicted octanol–water partition coefficient (Wildman–Crippen LogP) is 1.00. The van der Waals surface area contributed by atoms with Gasteiger partial charge in [-0.15, -0.1) is 0 Å². The molecule has 1 aromatic heterocycles. The summed E-state index contributed by atoms with van der Waals surface area (Å²) in [6, 6.07) is 5.74. The minimum absolute atomic E-state index is 0.0397. The van der Waals surface area contributed by atoms with Crippen molar-refractivity contribution in [3.05, 3.63) is 30.1 Å². The normalized spacial score (nSPS) is 23.4. The van der Waals surface area contributed by atoms with Crippen molar-refractivity contribution in [3.63, 3.8) is 0 Å². The Morgan fingerprint density at radius 1 is 1.61 bits per heavy atom. The monoisotopic (exact) mass is 248 g/mol. The van der Waals surface area contributed by atoms with Crippen LogP contribution >= 0.6 is 0 Å². The molecule has 4 nitrogen and oxygen atoms in total. The van der Waals surface area contributed by atoms with Crippen LogP contribution in [-0.2, 0) is 11.2 Å². The number of aliphatic hydroxyl groups is 1. The van der Waals surface area contributed by atoms with Gasteiger partial charge in [-0.2, -0.15) is 0 Å². The summed E-state index contributed by atoms with van der Waals surface area (Å²) in [7, 11) is 0. The lowest BCUT2D eigenvalue weighted by Gasteiger charge is -2.14. The topological polar surface area (TPSA) is 62.2 Å². The van der Waals surface area contributed by atoms with Crippen LogP contribution in [0.5, 0.6) is 0 Å². The summed E-state index contributed by atoms with van der Waals surface area (Å²) in [5, 5.41) is 12.2. The number of aliphatic hydroxyl groups excluding tert-OH is 1. The van der Waals surface area contributed by atoms with Crippen molar-refractivity contribution in [2.75, 3.05) is 13.2 Å². The van der Waals surface area contributed by atoms with Crippen LogP contribution in [0.4, 0.5) is 0 Å². The standard InChI is InChI=1S/C14H20N2O2/c1-10-6-13(10)14(18)16-8-11(9-17)7-12-4-2-3-5-15-12/h2-5,10-11,13,17H,6-9H2,1H3,(H,16,18). The molecular formula is C14H20N2O2. The molecule has 1 fully saturated rings. The zero-order chi connectivity index (χ0) is 13.0. The highest BCUT2D eigenvalue weighted by molar-refractivity contribution is 5.81. The molecule has 1 aliphatic rings. The fraction of sp³-hybridized carbons (Fsp3) is 0.571. The first-order chi connectivity index (χ1) is 8.70. The Morgan fingerprint density at radius 2 is 2.39 bits per heavy atom. The number of hydrogen-bond acceptors (Lipinski definition) is 3. The highest BCUT2D eigenvalue weighted by Crippen LogP contribution is 2.37. The van der Waals surface area contributed by atoms with Crippen LogP contribution in [0.3, 0.4) is 0 Å². The minimum Gasteiger partial charge on any atom is -0.396 e. The van der Waals surface area contributed by atoms with Crippen LogP contribution in [0.15, 0.2) is 24.4 Å². The zero-order valence-corrected chi connectivity index (χ0v) is 10.7. The molecule has 3 unspecified atom stereocenters. The van der Waals surface area contributed by atoms with E-state index in [0.717, 1.165) is 12.1 Å². The lowest BCUT2D eigenvalue weighted by Crippen LogP contribution is -2.33. The second kappa shape index (κ2) is 5.96. The molecule has 3 atom stereocenters. The second-order valence-electron chi connectivity index (χ2n) is 5.14.